The molecular weight excluding hydrogens is 256 g/mol. The van der Waals surface area contributed by atoms with Gasteiger partial charge >= 0.3 is 0 Å². The van der Waals surface area contributed by atoms with Gasteiger partial charge in [-0.2, -0.15) is 0 Å². The molecule has 0 fully saturated rings. The average molecular weight is 266 g/mol. The van der Waals surface area contributed by atoms with Crippen LogP contribution < -0.4 is 10.5 Å². The molecule has 0 amide bonds. The lowest BCUT2D eigenvalue weighted by atomic mass is 10.1. The van der Waals surface area contributed by atoms with Crippen molar-refractivity contribution in [2.75, 3.05) is 13.7 Å². The molecule has 0 unspecified atom stereocenters. The van der Waals surface area contributed by atoms with Gasteiger partial charge < -0.3 is 10.5 Å². The van der Waals surface area contributed by atoms with Crippen molar-refractivity contribution in [2.24, 2.45) is 5.73 Å². The fourth-order valence-corrected chi connectivity index (χ4v) is 1.60. The lowest BCUT2D eigenvalue weighted by Gasteiger charge is -2.09. The molecule has 0 aliphatic heterocycles. The first-order valence-corrected chi connectivity index (χ1v) is 4.81. The van der Waals surface area contributed by atoms with Crippen LogP contribution in [0.2, 0.25) is 0 Å². The highest BCUT2D eigenvalue weighted by atomic mass is 79.9. The van der Waals surface area contributed by atoms with Crippen molar-refractivity contribution in [2.45, 2.75) is 6.42 Å². The van der Waals surface area contributed by atoms with E-state index in [0.717, 1.165) is 0 Å². The molecule has 2 N–H and O–H groups in total. The van der Waals surface area contributed by atoms with E-state index in [1.54, 1.807) is 0 Å². The molecule has 0 aliphatic rings. The van der Waals surface area contributed by atoms with Gasteiger partial charge in [0.25, 0.3) is 0 Å². The van der Waals surface area contributed by atoms with E-state index in [-0.39, 0.29) is 10.2 Å². The maximum absolute atomic E-state index is 13.5. The van der Waals surface area contributed by atoms with Crippen LogP contribution in [0.4, 0.5) is 8.78 Å². The molecule has 1 aromatic rings. The number of hydrogen-bond donors (Lipinski definition) is 1. The Hall–Kier alpha value is -0.680. The lowest BCUT2D eigenvalue weighted by Crippen LogP contribution is -2.06. The maximum Gasteiger partial charge on any atom is 0.191 e. The molecule has 14 heavy (non-hydrogen) atoms. The molecule has 1 aromatic carbocycles. The van der Waals surface area contributed by atoms with Gasteiger partial charge in [0.2, 0.25) is 0 Å². The van der Waals surface area contributed by atoms with Gasteiger partial charge in [-0.05, 0) is 40.5 Å². The van der Waals surface area contributed by atoms with E-state index in [1.165, 1.54) is 13.2 Å². The van der Waals surface area contributed by atoms with Crippen LogP contribution in [0, 0.1) is 11.6 Å². The Morgan fingerprint density at radius 3 is 2.57 bits per heavy atom. The first kappa shape index (κ1) is 11.4. The molecule has 0 aliphatic carbocycles. The molecule has 0 radical (unpaired) electrons. The topological polar surface area (TPSA) is 35.2 Å². The second kappa shape index (κ2) is 4.70. The molecule has 0 heterocycles. The number of methoxy groups -OCH3 is 1. The summed E-state index contributed by atoms with van der Waals surface area (Å²) in [6.07, 6.45) is 0.348. The highest BCUT2D eigenvalue weighted by Gasteiger charge is 2.17. The molecule has 0 aromatic heterocycles. The summed E-state index contributed by atoms with van der Waals surface area (Å²) in [5.74, 6) is -1.78. The van der Waals surface area contributed by atoms with Gasteiger partial charge in [0.05, 0.1) is 11.6 Å². The first-order chi connectivity index (χ1) is 6.61. The third-order valence-corrected chi connectivity index (χ3v) is 2.39. The molecule has 2 nitrogen and oxygen atoms in total. The van der Waals surface area contributed by atoms with Gasteiger partial charge in [0, 0.05) is 0 Å². The third kappa shape index (κ3) is 2.04. The highest BCUT2D eigenvalue weighted by molar-refractivity contribution is 9.10. The Balaban J connectivity index is 3.27. The van der Waals surface area contributed by atoms with Crippen LogP contribution in [0.25, 0.3) is 0 Å². The Morgan fingerprint density at radius 2 is 2.07 bits per heavy atom. The lowest BCUT2D eigenvalue weighted by molar-refractivity contribution is 0.356. The van der Waals surface area contributed by atoms with Gasteiger partial charge in [-0.25, -0.2) is 8.78 Å². The number of halogens is 3. The van der Waals surface area contributed by atoms with Crippen molar-refractivity contribution in [3.05, 3.63) is 27.7 Å². The smallest absolute Gasteiger partial charge is 0.191 e. The third-order valence-electron chi connectivity index (χ3n) is 1.81. The molecule has 1 rings (SSSR count). The molecule has 0 saturated carbocycles. The predicted octanol–water partition coefficient (Wildman–Crippen LogP) is 2.24. The van der Waals surface area contributed by atoms with E-state index in [1.807, 2.05) is 0 Å². The average Bonchev–Trinajstić information content (AvgIpc) is 2.16. The first-order valence-electron chi connectivity index (χ1n) is 4.02. The number of rotatable bonds is 3. The van der Waals surface area contributed by atoms with Gasteiger partial charge in [-0.1, -0.05) is 0 Å². The van der Waals surface area contributed by atoms with E-state index in [2.05, 4.69) is 20.7 Å². The second-order valence-electron chi connectivity index (χ2n) is 2.72. The van der Waals surface area contributed by atoms with E-state index in [0.29, 0.717) is 18.5 Å². The SMILES string of the molecule is COc1c(F)c(Br)cc(CCN)c1F. The van der Waals surface area contributed by atoms with Crippen molar-refractivity contribution >= 4 is 15.9 Å². The minimum atomic E-state index is -0.731. The fraction of sp³-hybridized carbons (Fsp3) is 0.333. The van der Waals surface area contributed by atoms with Crippen LogP contribution >= 0.6 is 15.9 Å². The molecule has 0 saturated heterocycles. The molecule has 5 heteroatoms. The number of ether oxygens (including phenoxy) is 1. The molecule has 0 atom stereocenters. The number of benzene rings is 1. The molecule has 0 bridgehead atoms. The van der Waals surface area contributed by atoms with Gasteiger partial charge in [0.15, 0.2) is 17.4 Å². The van der Waals surface area contributed by atoms with Crippen LogP contribution in [-0.2, 0) is 6.42 Å². The minimum absolute atomic E-state index is 0.180. The summed E-state index contributed by atoms with van der Waals surface area (Å²) in [4.78, 5) is 0. The zero-order valence-corrected chi connectivity index (χ0v) is 9.20. The van der Waals surface area contributed by atoms with Crippen LogP contribution in [-0.4, -0.2) is 13.7 Å². The maximum atomic E-state index is 13.5. The molecule has 0 spiro atoms. The van der Waals surface area contributed by atoms with Crippen LogP contribution in [0.5, 0.6) is 5.75 Å². The van der Waals surface area contributed by atoms with Crippen molar-refractivity contribution in [1.82, 2.24) is 0 Å². The second-order valence-corrected chi connectivity index (χ2v) is 3.57. The summed E-state index contributed by atoms with van der Waals surface area (Å²) >= 11 is 2.98. The highest BCUT2D eigenvalue weighted by Crippen LogP contribution is 2.30. The van der Waals surface area contributed by atoms with Crippen molar-refractivity contribution in [3.63, 3.8) is 0 Å². The summed E-state index contributed by atoms with van der Waals surface area (Å²) in [7, 11) is 1.22. The Kier molecular flexibility index (Phi) is 3.83. The zero-order valence-electron chi connectivity index (χ0n) is 7.61. The van der Waals surface area contributed by atoms with E-state index >= 15 is 0 Å². The van der Waals surface area contributed by atoms with E-state index in [9.17, 15) is 8.78 Å². The standard InChI is InChI=1S/C9H10BrF2NO/c1-14-9-7(11)5(2-3-13)4-6(10)8(9)12/h4H,2-3,13H2,1H3. The largest absolute Gasteiger partial charge is 0.491 e. The molecule has 78 valence electrons. The Morgan fingerprint density at radius 1 is 1.43 bits per heavy atom. The van der Waals surface area contributed by atoms with Gasteiger partial charge in [-0.3, -0.25) is 0 Å². The van der Waals surface area contributed by atoms with Crippen LogP contribution in [0.15, 0.2) is 10.5 Å². The monoisotopic (exact) mass is 265 g/mol. The summed E-state index contributed by atoms with van der Waals surface area (Å²) < 4.78 is 31.5. The number of hydrogen-bond acceptors (Lipinski definition) is 2. The van der Waals surface area contributed by atoms with Gasteiger partial charge in [-0.15, -0.1) is 0 Å². The van der Waals surface area contributed by atoms with Crippen molar-refractivity contribution in [3.8, 4) is 5.75 Å². The van der Waals surface area contributed by atoms with Crippen molar-refractivity contribution in [1.29, 1.82) is 0 Å². The normalized spacial score (nSPS) is 10.4. The quantitative estimate of drug-likeness (QED) is 0.851. The zero-order chi connectivity index (χ0) is 10.7. The van der Waals surface area contributed by atoms with E-state index in [4.69, 9.17) is 5.73 Å². The van der Waals surface area contributed by atoms with Crippen LogP contribution in [0.3, 0.4) is 0 Å². The van der Waals surface area contributed by atoms with Crippen molar-refractivity contribution < 1.29 is 13.5 Å². The fourth-order valence-electron chi connectivity index (χ4n) is 1.15. The molecular formula is C9H10BrF2NO. The van der Waals surface area contributed by atoms with Gasteiger partial charge in [0.1, 0.15) is 0 Å². The summed E-state index contributed by atoms with van der Waals surface area (Å²) in [5, 5.41) is 0. The number of nitrogens with two attached hydrogens (primary N) is 1. The Bertz CT molecular complexity index is 344. The summed E-state index contributed by atoms with van der Waals surface area (Å²) in [5.41, 5.74) is 5.64. The summed E-state index contributed by atoms with van der Waals surface area (Å²) in [6, 6.07) is 1.38. The minimum Gasteiger partial charge on any atom is -0.491 e. The van der Waals surface area contributed by atoms with Crippen LogP contribution in [0.1, 0.15) is 5.56 Å². The summed E-state index contributed by atoms with van der Waals surface area (Å²) in [6.45, 7) is 0.304. The van der Waals surface area contributed by atoms with E-state index < -0.39 is 11.6 Å². The Labute approximate surface area is 89.2 Å². The predicted molar refractivity (Wildman–Crippen MR) is 53.4 cm³/mol.